The maximum atomic E-state index is 6.36. The van der Waals surface area contributed by atoms with Crippen molar-refractivity contribution in [2.75, 3.05) is 45.9 Å². The molecule has 190 valence electrons. The van der Waals surface area contributed by atoms with Crippen LogP contribution < -0.4 is 0 Å². The monoisotopic (exact) mass is 493 g/mol. The Morgan fingerprint density at radius 2 is 1.77 bits per heavy atom. The molecule has 1 fully saturated rings. The summed E-state index contributed by atoms with van der Waals surface area (Å²) in [6, 6.07) is 10.7. The van der Waals surface area contributed by atoms with E-state index in [0.29, 0.717) is 13.2 Å². The molecule has 1 aliphatic heterocycles. The minimum absolute atomic E-state index is 0.204. The van der Waals surface area contributed by atoms with Crippen molar-refractivity contribution in [3.8, 4) is 0 Å². The standard InChI is InChI=1S/C29H43N3O2Si/c1-7-31-17-19-32(20-18-31)29(27-26-13-9-8-11-24(26)14-16-30-27)15-10-12-25(23-29)33-21-22-34-35(5,6)28(2,3)4/h8-16H,7,17-23H2,1-6H3. The van der Waals surface area contributed by atoms with Crippen LogP contribution in [0.25, 0.3) is 10.8 Å². The highest BCUT2D eigenvalue weighted by Gasteiger charge is 2.42. The summed E-state index contributed by atoms with van der Waals surface area (Å²) in [4.78, 5) is 10.1. The van der Waals surface area contributed by atoms with Gasteiger partial charge in [-0.25, -0.2) is 0 Å². The van der Waals surface area contributed by atoms with E-state index >= 15 is 0 Å². The van der Waals surface area contributed by atoms with Gasteiger partial charge in [0.25, 0.3) is 0 Å². The van der Waals surface area contributed by atoms with E-state index in [4.69, 9.17) is 14.1 Å². The van der Waals surface area contributed by atoms with Crippen LogP contribution in [0.15, 0.2) is 60.5 Å². The Morgan fingerprint density at radius 1 is 1.03 bits per heavy atom. The maximum Gasteiger partial charge on any atom is 0.192 e. The average Bonchev–Trinajstić information content (AvgIpc) is 2.86. The fourth-order valence-corrected chi connectivity index (χ4v) is 5.97. The van der Waals surface area contributed by atoms with E-state index < -0.39 is 8.32 Å². The number of likely N-dealkylation sites (N-methyl/N-ethyl adjacent to an activating group) is 1. The summed E-state index contributed by atoms with van der Waals surface area (Å²) in [6.07, 6.45) is 9.39. The molecule has 1 aromatic heterocycles. The number of piperazine rings is 1. The molecule has 0 amide bonds. The largest absolute Gasteiger partial charge is 0.495 e. The lowest BCUT2D eigenvalue weighted by Gasteiger charge is -2.47. The number of ether oxygens (including phenoxy) is 1. The molecule has 4 rings (SSSR count). The third-order valence-electron chi connectivity index (χ3n) is 8.21. The van der Waals surface area contributed by atoms with Crippen LogP contribution in [-0.4, -0.2) is 69.0 Å². The van der Waals surface area contributed by atoms with E-state index in [1.165, 1.54) is 10.8 Å². The van der Waals surface area contributed by atoms with Crippen molar-refractivity contribution in [2.24, 2.45) is 0 Å². The Bertz CT molecular complexity index is 1060. The second-order valence-corrected chi connectivity index (χ2v) is 16.2. The zero-order valence-electron chi connectivity index (χ0n) is 22.5. The van der Waals surface area contributed by atoms with E-state index in [1.807, 2.05) is 6.20 Å². The molecule has 0 radical (unpaired) electrons. The lowest BCUT2D eigenvalue weighted by atomic mass is 9.82. The molecule has 6 heteroatoms. The van der Waals surface area contributed by atoms with E-state index in [2.05, 4.69) is 99.1 Å². The van der Waals surface area contributed by atoms with Gasteiger partial charge in [0.1, 0.15) is 6.61 Å². The molecule has 1 unspecified atom stereocenters. The molecule has 2 heterocycles. The van der Waals surface area contributed by atoms with Crippen LogP contribution in [-0.2, 0) is 14.7 Å². The molecule has 2 aliphatic rings. The van der Waals surface area contributed by atoms with Crippen molar-refractivity contribution in [3.05, 3.63) is 66.2 Å². The van der Waals surface area contributed by atoms with Crippen molar-refractivity contribution < 1.29 is 9.16 Å². The van der Waals surface area contributed by atoms with E-state index in [9.17, 15) is 0 Å². The predicted molar refractivity (Wildman–Crippen MR) is 148 cm³/mol. The molecule has 0 bridgehead atoms. The van der Waals surface area contributed by atoms with Gasteiger partial charge in [0.15, 0.2) is 8.32 Å². The fraction of sp³-hybridized carbons (Fsp3) is 0.552. The van der Waals surface area contributed by atoms with Crippen LogP contribution in [0.2, 0.25) is 18.1 Å². The summed E-state index contributed by atoms with van der Waals surface area (Å²) in [5, 5.41) is 2.66. The first-order chi connectivity index (χ1) is 16.7. The SMILES string of the molecule is CCN1CCN(C2(c3nccc4ccccc34)C=CC=C(OCCO[Si](C)(C)C(C)(C)C)C2)CC1. The van der Waals surface area contributed by atoms with Crippen molar-refractivity contribution >= 4 is 19.1 Å². The third-order valence-corrected chi connectivity index (χ3v) is 12.7. The minimum atomic E-state index is -1.78. The fourth-order valence-electron chi connectivity index (χ4n) is 4.94. The van der Waals surface area contributed by atoms with Gasteiger partial charge >= 0.3 is 0 Å². The first-order valence-corrected chi connectivity index (χ1v) is 16.0. The first-order valence-electron chi connectivity index (χ1n) is 13.1. The molecule has 1 aromatic carbocycles. The van der Waals surface area contributed by atoms with Crippen LogP contribution >= 0.6 is 0 Å². The second kappa shape index (κ2) is 10.6. The van der Waals surface area contributed by atoms with Gasteiger partial charge in [-0.2, -0.15) is 0 Å². The summed E-state index contributed by atoms with van der Waals surface area (Å²) in [6.45, 7) is 20.2. The highest BCUT2D eigenvalue weighted by molar-refractivity contribution is 6.74. The molecule has 2 aromatic rings. The first kappa shape index (κ1) is 26.1. The van der Waals surface area contributed by atoms with Crippen molar-refractivity contribution in [2.45, 2.75) is 57.8 Å². The molecular weight excluding hydrogens is 450 g/mol. The zero-order valence-corrected chi connectivity index (χ0v) is 23.5. The minimum Gasteiger partial charge on any atom is -0.495 e. The van der Waals surface area contributed by atoms with Gasteiger partial charge in [-0.05, 0) is 42.2 Å². The van der Waals surface area contributed by atoms with Crippen LogP contribution in [0, 0.1) is 0 Å². The predicted octanol–water partition coefficient (Wildman–Crippen LogP) is 5.95. The maximum absolute atomic E-state index is 6.36. The molecule has 1 aliphatic carbocycles. The molecule has 5 nitrogen and oxygen atoms in total. The molecule has 0 N–H and O–H groups in total. The highest BCUT2D eigenvalue weighted by atomic mass is 28.4. The van der Waals surface area contributed by atoms with Gasteiger partial charge in [0.2, 0.25) is 0 Å². The smallest absolute Gasteiger partial charge is 0.192 e. The lowest BCUT2D eigenvalue weighted by Crippen LogP contribution is -2.55. The number of allylic oxidation sites excluding steroid dienone is 2. The second-order valence-electron chi connectivity index (χ2n) is 11.4. The summed E-state index contributed by atoms with van der Waals surface area (Å²) < 4.78 is 12.7. The Labute approximate surface area is 212 Å². The molecule has 35 heavy (non-hydrogen) atoms. The van der Waals surface area contributed by atoms with Gasteiger partial charge in [0, 0.05) is 44.2 Å². The molecule has 1 atom stereocenters. The van der Waals surface area contributed by atoms with Gasteiger partial charge in [-0.3, -0.25) is 9.88 Å². The highest BCUT2D eigenvalue weighted by Crippen LogP contribution is 2.42. The molecule has 0 saturated carbocycles. The van der Waals surface area contributed by atoms with Gasteiger partial charge < -0.3 is 14.1 Å². The number of pyridine rings is 1. The number of benzene rings is 1. The Balaban J connectivity index is 1.56. The van der Waals surface area contributed by atoms with Crippen LogP contribution in [0.3, 0.4) is 0 Å². The third kappa shape index (κ3) is 5.56. The van der Waals surface area contributed by atoms with Crippen LogP contribution in [0.1, 0.15) is 39.8 Å². The normalized spacial score (nSPS) is 22.4. The van der Waals surface area contributed by atoms with E-state index in [-0.39, 0.29) is 10.6 Å². The van der Waals surface area contributed by atoms with Gasteiger partial charge in [-0.15, -0.1) is 0 Å². The average molecular weight is 494 g/mol. The van der Waals surface area contributed by atoms with Crippen molar-refractivity contribution in [3.63, 3.8) is 0 Å². The number of hydrogen-bond acceptors (Lipinski definition) is 5. The molecular formula is C29H43N3O2Si. The summed E-state index contributed by atoms with van der Waals surface area (Å²) in [7, 11) is -1.78. The van der Waals surface area contributed by atoms with Crippen LogP contribution in [0.4, 0.5) is 0 Å². The number of hydrogen-bond donors (Lipinski definition) is 0. The Morgan fingerprint density at radius 3 is 2.49 bits per heavy atom. The summed E-state index contributed by atoms with van der Waals surface area (Å²) in [5.74, 6) is 1.01. The number of aromatic nitrogens is 1. The zero-order chi connectivity index (χ0) is 25.1. The summed E-state index contributed by atoms with van der Waals surface area (Å²) >= 11 is 0. The molecule has 1 saturated heterocycles. The van der Waals surface area contributed by atoms with E-state index in [0.717, 1.165) is 50.6 Å². The lowest BCUT2D eigenvalue weighted by molar-refractivity contribution is 0.0416. The Kier molecular flexibility index (Phi) is 7.86. The number of fused-ring (bicyclic) bond motifs is 1. The summed E-state index contributed by atoms with van der Waals surface area (Å²) in [5.41, 5.74) is 0.814. The van der Waals surface area contributed by atoms with E-state index in [1.54, 1.807) is 0 Å². The van der Waals surface area contributed by atoms with Crippen molar-refractivity contribution in [1.29, 1.82) is 0 Å². The van der Waals surface area contributed by atoms with Crippen molar-refractivity contribution in [1.82, 2.24) is 14.8 Å². The van der Waals surface area contributed by atoms with Gasteiger partial charge in [-0.1, -0.05) is 64.1 Å². The number of rotatable bonds is 8. The van der Waals surface area contributed by atoms with Gasteiger partial charge in [0.05, 0.1) is 23.6 Å². The quantitative estimate of drug-likeness (QED) is 0.336. The number of nitrogens with zero attached hydrogens (tertiary/aromatic N) is 3. The molecule has 0 spiro atoms. The Hall–Kier alpha value is -1.99. The van der Waals surface area contributed by atoms with Crippen LogP contribution in [0.5, 0.6) is 0 Å². The topological polar surface area (TPSA) is 37.8 Å².